The smallest absolute Gasteiger partial charge is 0.358 e. The van der Waals surface area contributed by atoms with Crippen molar-refractivity contribution in [1.82, 2.24) is 0 Å². The lowest BCUT2D eigenvalue weighted by molar-refractivity contribution is 0.436. The van der Waals surface area contributed by atoms with Gasteiger partial charge >= 0.3 is 10.5 Å². The van der Waals surface area contributed by atoms with Crippen molar-refractivity contribution in [2.45, 2.75) is 27.2 Å². The molecule has 0 saturated carbocycles. The van der Waals surface area contributed by atoms with Crippen molar-refractivity contribution in [3.05, 3.63) is 28.8 Å². The Morgan fingerprint density at radius 2 is 1.93 bits per heavy atom. The zero-order valence-corrected chi connectivity index (χ0v) is 9.69. The summed E-state index contributed by atoms with van der Waals surface area (Å²) in [4.78, 5) is 0. The average molecular weight is 232 g/mol. The molecular formula is C10H13FO3S. The maximum atomic E-state index is 12.4. The lowest BCUT2D eigenvalue weighted by Gasteiger charge is -2.10. The fourth-order valence-corrected chi connectivity index (χ4v) is 1.96. The second-order valence-electron chi connectivity index (χ2n) is 3.40. The lowest BCUT2D eigenvalue weighted by Crippen LogP contribution is -2.05. The Bertz CT molecular complexity index is 466. The Labute approximate surface area is 89.3 Å². The monoisotopic (exact) mass is 232 g/mol. The topological polar surface area (TPSA) is 43.4 Å². The highest BCUT2D eigenvalue weighted by molar-refractivity contribution is 7.81. The highest BCUT2D eigenvalue weighted by Crippen LogP contribution is 2.27. The van der Waals surface area contributed by atoms with E-state index in [1.54, 1.807) is 19.1 Å². The van der Waals surface area contributed by atoms with Crippen molar-refractivity contribution in [2.24, 2.45) is 0 Å². The van der Waals surface area contributed by atoms with Crippen molar-refractivity contribution >= 4 is 10.5 Å². The van der Waals surface area contributed by atoms with E-state index in [1.165, 1.54) is 0 Å². The highest BCUT2D eigenvalue weighted by atomic mass is 32.3. The maximum Gasteiger partial charge on any atom is 0.488 e. The minimum absolute atomic E-state index is 0.102. The SMILES string of the molecule is CCc1cc(C)cc(C)c1OS(=O)(=O)F. The van der Waals surface area contributed by atoms with Gasteiger partial charge in [0.15, 0.2) is 5.75 Å². The first-order chi connectivity index (χ1) is 6.83. The molecule has 84 valence electrons. The number of rotatable bonds is 3. The summed E-state index contributed by atoms with van der Waals surface area (Å²) in [5.41, 5.74) is 2.30. The Balaban J connectivity index is 3.27. The van der Waals surface area contributed by atoms with Crippen LogP contribution in [-0.4, -0.2) is 8.42 Å². The van der Waals surface area contributed by atoms with Gasteiger partial charge in [0.05, 0.1) is 0 Å². The van der Waals surface area contributed by atoms with E-state index in [-0.39, 0.29) is 5.75 Å². The molecular weight excluding hydrogens is 219 g/mol. The van der Waals surface area contributed by atoms with Crippen LogP contribution in [0.25, 0.3) is 0 Å². The summed E-state index contributed by atoms with van der Waals surface area (Å²) in [7, 11) is -4.95. The molecule has 0 amide bonds. The molecule has 0 bridgehead atoms. The van der Waals surface area contributed by atoms with Crippen LogP contribution in [0.3, 0.4) is 0 Å². The van der Waals surface area contributed by atoms with Crippen molar-refractivity contribution in [2.75, 3.05) is 0 Å². The van der Waals surface area contributed by atoms with Crippen LogP contribution in [0.15, 0.2) is 12.1 Å². The molecule has 0 heterocycles. The molecule has 0 atom stereocenters. The van der Waals surface area contributed by atoms with Crippen LogP contribution in [0, 0.1) is 13.8 Å². The summed E-state index contributed by atoms with van der Waals surface area (Å²) in [6, 6.07) is 3.53. The molecule has 3 nitrogen and oxygen atoms in total. The summed E-state index contributed by atoms with van der Waals surface area (Å²) in [6.07, 6.45) is 0.591. The molecule has 0 aromatic heterocycles. The number of halogens is 1. The van der Waals surface area contributed by atoms with Crippen molar-refractivity contribution < 1.29 is 16.5 Å². The normalized spacial score (nSPS) is 11.5. The molecule has 0 fully saturated rings. The van der Waals surface area contributed by atoms with Crippen LogP contribution < -0.4 is 4.18 Å². The molecule has 0 N–H and O–H groups in total. The third kappa shape index (κ3) is 3.20. The van der Waals surface area contributed by atoms with Gasteiger partial charge in [-0.15, -0.1) is 0 Å². The molecule has 5 heteroatoms. The number of aryl methyl sites for hydroxylation is 3. The first kappa shape index (κ1) is 12.0. The Kier molecular flexibility index (Phi) is 3.34. The van der Waals surface area contributed by atoms with Gasteiger partial charge in [0, 0.05) is 0 Å². The summed E-state index contributed by atoms with van der Waals surface area (Å²) in [5, 5.41) is 0. The van der Waals surface area contributed by atoms with Crippen LogP contribution in [-0.2, 0) is 16.9 Å². The Morgan fingerprint density at radius 3 is 2.40 bits per heavy atom. The third-order valence-electron chi connectivity index (χ3n) is 2.06. The summed E-state index contributed by atoms with van der Waals surface area (Å²) in [5.74, 6) is 0.102. The highest BCUT2D eigenvalue weighted by Gasteiger charge is 2.15. The summed E-state index contributed by atoms with van der Waals surface area (Å²) >= 11 is 0. The van der Waals surface area contributed by atoms with E-state index < -0.39 is 10.5 Å². The van der Waals surface area contributed by atoms with Gasteiger partial charge in [-0.3, -0.25) is 0 Å². The van der Waals surface area contributed by atoms with Gasteiger partial charge in [-0.2, -0.15) is 8.42 Å². The molecule has 0 spiro atoms. The molecule has 0 radical (unpaired) electrons. The van der Waals surface area contributed by atoms with Gasteiger partial charge in [-0.1, -0.05) is 28.5 Å². The van der Waals surface area contributed by atoms with Gasteiger partial charge in [0.2, 0.25) is 0 Å². The zero-order valence-electron chi connectivity index (χ0n) is 8.87. The van der Waals surface area contributed by atoms with Crippen LogP contribution in [0.4, 0.5) is 3.89 Å². The molecule has 1 rings (SSSR count). The molecule has 0 aliphatic rings. The van der Waals surface area contributed by atoms with Gasteiger partial charge in [0.25, 0.3) is 0 Å². The summed E-state index contributed by atoms with van der Waals surface area (Å²) in [6.45, 7) is 5.43. The summed E-state index contributed by atoms with van der Waals surface area (Å²) < 4.78 is 37.6. The standard InChI is InChI=1S/C10H13FO3S/c1-4-9-6-7(2)5-8(3)10(9)14-15(11,12)13/h5-6H,4H2,1-3H3. The van der Waals surface area contributed by atoms with E-state index in [2.05, 4.69) is 4.18 Å². The number of hydrogen-bond acceptors (Lipinski definition) is 3. The van der Waals surface area contributed by atoms with Gasteiger partial charge in [0.1, 0.15) is 0 Å². The molecule has 1 aromatic carbocycles. The van der Waals surface area contributed by atoms with Crippen molar-refractivity contribution in [3.63, 3.8) is 0 Å². The third-order valence-corrected chi connectivity index (χ3v) is 2.43. The number of hydrogen-bond donors (Lipinski definition) is 0. The predicted octanol–water partition coefficient (Wildman–Crippen LogP) is 2.46. The predicted molar refractivity (Wildman–Crippen MR) is 55.9 cm³/mol. The van der Waals surface area contributed by atoms with Gasteiger partial charge in [-0.05, 0) is 31.4 Å². The minimum atomic E-state index is -4.95. The maximum absolute atomic E-state index is 12.4. The molecule has 0 unspecified atom stereocenters. The molecule has 1 aromatic rings. The molecule has 15 heavy (non-hydrogen) atoms. The van der Waals surface area contributed by atoms with E-state index in [0.717, 1.165) is 5.56 Å². The van der Waals surface area contributed by atoms with Crippen molar-refractivity contribution in [3.8, 4) is 5.75 Å². The van der Waals surface area contributed by atoms with E-state index in [9.17, 15) is 12.3 Å². The second kappa shape index (κ2) is 4.18. The molecule has 0 saturated heterocycles. The van der Waals surface area contributed by atoms with Crippen molar-refractivity contribution in [1.29, 1.82) is 0 Å². The first-order valence-electron chi connectivity index (χ1n) is 4.57. The minimum Gasteiger partial charge on any atom is -0.358 e. The van der Waals surface area contributed by atoms with Gasteiger partial charge in [-0.25, -0.2) is 0 Å². The van der Waals surface area contributed by atoms with Crippen LogP contribution in [0.1, 0.15) is 23.6 Å². The second-order valence-corrected chi connectivity index (χ2v) is 4.35. The fourth-order valence-electron chi connectivity index (χ4n) is 1.52. The molecule has 0 aliphatic carbocycles. The number of benzene rings is 1. The zero-order chi connectivity index (χ0) is 11.6. The van der Waals surface area contributed by atoms with Crippen LogP contribution in [0.5, 0.6) is 5.75 Å². The van der Waals surface area contributed by atoms with E-state index in [0.29, 0.717) is 17.5 Å². The van der Waals surface area contributed by atoms with Crippen LogP contribution in [0.2, 0.25) is 0 Å². The lowest BCUT2D eigenvalue weighted by atomic mass is 10.0. The van der Waals surface area contributed by atoms with Crippen LogP contribution >= 0.6 is 0 Å². The van der Waals surface area contributed by atoms with E-state index in [4.69, 9.17) is 0 Å². The van der Waals surface area contributed by atoms with E-state index in [1.807, 2.05) is 13.8 Å². The quantitative estimate of drug-likeness (QED) is 0.752. The Morgan fingerprint density at radius 1 is 1.33 bits per heavy atom. The van der Waals surface area contributed by atoms with E-state index >= 15 is 0 Å². The largest absolute Gasteiger partial charge is 0.488 e. The van der Waals surface area contributed by atoms with Gasteiger partial charge < -0.3 is 4.18 Å². The fraction of sp³-hybridized carbons (Fsp3) is 0.400. The first-order valence-corrected chi connectivity index (χ1v) is 5.88. The average Bonchev–Trinajstić information content (AvgIpc) is 2.07. The molecule has 0 aliphatic heterocycles. The Hall–Kier alpha value is -1.10.